The van der Waals surface area contributed by atoms with Crippen molar-refractivity contribution in [2.24, 2.45) is 5.84 Å². The molecule has 0 aliphatic heterocycles. The molecule has 2 rings (SSSR count). The van der Waals surface area contributed by atoms with Crippen molar-refractivity contribution in [2.75, 3.05) is 0 Å². The predicted molar refractivity (Wildman–Crippen MR) is 76.3 cm³/mol. The Morgan fingerprint density at radius 1 is 1.20 bits per heavy atom. The lowest BCUT2D eigenvalue weighted by Gasteiger charge is -2.18. The van der Waals surface area contributed by atoms with Crippen LogP contribution in [0.2, 0.25) is 5.02 Å². The van der Waals surface area contributed by atoms with Crippen molar-refractivity contribution in [2.45, 2.75) is 19.4 Å². The molecule has 5 heteroatoms. The zero-order valence-corrected chi connectivity index (χ0v) is 11.7. The molecule has 0 saturated carbocycles. The van der Waals surface area contributed by atoms with Gasteiger partial charge in [-0.25, -0.2) is 8.78 Å². The van der Waals surface area contributed by atoms with Crippen molar-refractivity contribution < 1.29 is 8.78 Å². The van der Waals surface area contributed by atoms with E-state index < -0.39 is 17.7 Å². The molecular formula is C15H15ClF2N2. The van der Waals surface area contributed by atoms with Crippen molar-refractivity contribution in [3.63, 3.8) is 0 Å². The maximum absolute atomic E-state index is 13.9. The molecule has 0 aliphatic rings. The third-order valence-corrected chi connectivity index (χ3v) is 3.42. The Balaban J connectivity index is 2.31. The van der Waals surface area contributed by atoms with E-state index in [0.29, 0.717) is 22.6 Å². The van der Waals surface area contributed by atoms with Crippen LogP contribution in [0.5, 0.6) is 0 Å². The molecule has 0 fully saturated rings. The van der Waals surface area contributed by atoms with E-state index in [4.69, 9.17) is 17.4 Å². The summed E-state index contributed by atoms with van der Waals surface area (Å²) >= 11 is 5.92. The Morgan fingerprint density at radius 3 is 2.60 bits per heavy atom. The highest BCUT2D eigenvalue weighted by molar-refractivity contribution is 6.30. The number of halogens is 3. The number of rotatable bonds is 4. The molecule has 2 aromatic rings. The lowest BCUT2D eigenvalue weighted by molar-refractivity contribution is 0.500. The van der Waals surface area contributed by atoms with E-state index in [1.165, 1.54) is 6.07 Å². The van der Waals surface area contributed by atoms with E-state index in [2.05, 4.69) is 5.43 Å². The quantitative estimate of drug-likeness (QED) is 0.667. The van der Waals surface area contributed by atoms with Gasteiger partial charge >= 0.3 is 0 Å². The smallest absolute Gasteiger partial charge is 0.130 e. The Labute approximate surface area is 121 Å². The zero-order chi connectivity index (χ0) is 14.7. The van der Waals surface area contributed by atoms with E-state index in [1.807, 2.05) is 12.1 Å². The molecule has 2 aromatic carbocycles. The molecule has 0 bridgehead atoms. The molecule has 0 radical (unpaired) electrons. The topological polar surface area (TPSA) is 38.0 Å². The van der Waals surface area contributed by atoms with Crippen molar-refractivity contribution in [3.05, 3.63) is 69.7 Å². The van der Waals surface area contributed by atoms with Crippen molar-refractivity contribution in [1.82, 2.24) is 5.43 Å². The SMILES string of the molecule is Cc1cc(C(Cc2cccc(Cl)c2)NN)c(F)cc1F. The summed E-state index contributed by atoms with van der Waals surface area (Å²) in [7, 11) is 0. The maximum atomic E-state index is 13.9. The molecular weight excluding hydrogens is 282 g/mol. The van der Waals surface area contributed by atoms with Gasteiger partial charge in [-0.15, -0.1) is 0 Å². The standard InChI is InChI=1S/C15H15ClF2N2/c1-9-5-12(14(18)8-13(9)17)15(20-19)7-10-3-2-4-11(16)6-10/h2-6,8,15,20H,7,19H2,1H3. The van der Waals surface area contributed by atoms with Gasteiger partial charge in [0.25, 0.3) is 0 Å². The summed E-state index contributed by atoms with van der Waals surface area (Å²) in [5.41, 5.74) is 4.21. The molecule has 0 aliphatic carbocycles. The fourth-order valence-electron chi connectivity index (χ4n) is 2.10. The van der Waals surface area contributed by atoms with Gasteiger partial charge in [-0.1, -0.05) is 23.7 Å². The minimum absolute atomic E-state index is 0.339. The van der Waals surface area contributed by atoms with Crippen molar-refractivity contribution >= 4 is 11.6 Å². The van der Waals surface area contributed by atoms with E-state index >= 15 is 0 Å². The average molecular weight is 297 g/mol. The first-order valence-corrected chi connectivity index (χ1v) is 6.55. The minimum Gasteiger partial charge on any atom is -0.271 e. The number of hydrogen-bond acceptors (Lipinski definition) is 2. The fourth-order valence-corrected chi connectivity index (χ4v) is 2.32. The molecule has 0 spiro atoms. The molecule has 3 N–H and O–H groups in total. The zero-order valence-electron chi connectivity index (χ0n) is 11.0. The first-order valence-electron chi connectivity index (χ1n) is 6.17. The van der Waals surface area contributed by atoms with Gasteiger partial charge in [0.1, 0.15) is 11.6 Å². The molecule has 1 atom stereocenters. The number of nitrogens with one attached hydrogen (secondary N) is 1. The molecule has 0 saturated heterocycles. The van der Waals surface area contributed by atoms with Gasteiger partial charge in [0.2, 0.25) is 0 Å². The Kier molecular flexibility index (Phi) is 4.70. The van der Waals surface area contributed by atoms with E-state index in [-0.39, 0.29) is 0 Å². The molecule has 0 amide bonds. The van der Waals surface area contributed by atoms with Crippen LogP contribution in [0.1, 0.15) is 22.7 Å². The van der Waals surface area contributed by atoms with E-state index in [0.717, 1.165) is 11.6 Å². The van der Waals surface area contributed by atoms with Crippen molar-refractivity contribution in [3.8, 4) is 0 Å². The first kappa shape index (κ1) is 14.9. The Bertz CT molecular complexity index is 617. The minimum atomic E-state index is -0.613. The van der Waals surface area contributed by atoms with Crippen LogP contribution in [0.15, 0.2) is 36.4 Å². The van der Waals surface area contributed by atoms with Gasteiger partial charge in [0.05, 0.1) is 6.04 Å². The van der Waals surface area contributed by atoms with Gasteiger partial charge in [-0.3, -0.25) is 11.3 Å². The largest absolute Gasteiger partial charge is 0.271 e. The summed E-state index contributed by atoms with van der Waals surface area (Å²) in [6, 6.07) is 9.15. The molecule has 20 heavy (non-hydrogen) atoms. The summed E-state index contributed by atoms with van der Waals surface area (Å²) in [5, 5.41) is 0.606. The number of benzene rings is 2. The van der Waals surface area contributed by atoms with Crippen LogP contribution in [0.25, 0.3) is 0 Å². The second-order valence-corrected chi connectivity index (χ2v) is 5.11. The highest BCUT2D eigenvalue weighted by Gasteiger charge is 2.17. The second kappa shape index (κ2) is 6.31. The molecule has 1 unspecified atom stereocenters. The predicted octanol–water partition coefficient (Wildman–Crippen LogP) is 3.67. The fraction of sp³-hybridized carbons (Fsp3) is 0.200. The maximum Gasteiger partial charge on any atom is 0.130 e. The highest BCUT2D eigenvalue weighted by Crippen LogP contribution is 2.24. The number of nitrogens with two attached hydrogens (primary N) is 1. The van der Waals surface area contributed by atoms with Crippen molar-refractivity contribution in [1.29, 1.82) is 0 Å². The Morgan fingerprint density at radius 2 is 1.95 bits per heavy atom. The van der Waals surface area contributed by atoms with Crippen LogP contribution in [-0.4, -0.2) is 0 Å². The van der Waals surface area contributed by atoms with Crippen LogP contribution in [0.3, 0.4) is 0 Å². The van der Waals surface area contributed by atoms with Gasteiger partial charge in [0.15, 0.2) is 0 Å². The van der Waals surface area contributed by atoms with E-state index in [1.54, 1.807) is 19.1 Å². The number of hydrogen-bond donors (Lipinski definition) is 2. The summed E-state index contributed by atoms with van der Waals surface area (Å²) in [5.74, 6) is 4.33. The second-order valence-electron chi connectivity index (χ2n) is 4.68. The first-order chi connectivity index (χ1) is 9.51. The van der Waals surface area contributed by atoms with Gasteiger partial charge < -0.3 is 0 Å². The van der Waals surface area contributed by atoms with Crippen LogP contribution < -0.4 is 11.3 Å². The summed E-state index contributed by atoms with van der Waals surface area (Å²) in [6.45, 7) is 1.59. The summed E-state index contributed by atoms with van der Waals surface area (Å²) < 4.78 is 27.2. The molecule has 0 heterocycles. The molecule has 106 valence electrons. The van der Waals surface area contributed by atoms with Crippen LogP contribution in [-0.2, 0) is 6.42 Å². The van der Waals surface area contributed by atoms with Gasteiger partial charge in [-0.05, 0) is 42.7 Å². The summed E-state index contributed by atoms with van der Waals surface area (Å²) in [4.78, 5) is 0. The van der Waals surface area contributed by atoms with Crippen LogP contribution >= 0.6 is 11.6 Å². The Hall–Kier alpha value is -1.49. The van der Waals surface area contributed by atoms with Gasteiger partial charge in [0, 0.05) is 16.7 Å². The molecule has 2 nitrogen and oxygen atoms in total. The third-order valence-electron chi connectivity index (χ3n) is 3.18. The number of hydrazine groups is 1. The lowest BCUT2D eigenvalue weighted by atomic mass is 9.97. The third kappa shape index (κ3) is 3.33. The summed E-state index contributed by atoms with van der Waals surface area (Å²) in [6.07, 6.45) is 0.457. The van der Waals surface area contributed by atoms with Gasteiger partial charge in [-0.2, -0.15) is 0 Å². The average Bonchev–Trinajstić information content (AvgIpc) is 2.40. The van der Waals surface area contributed by atoms with Crippen LogP contribution in [0.4, 0.5) is 8.78 Å². The monoisotopic (exact) mass is 296 g/mol. The normalized spacial score (nSPS) is 12.4. The highest BCUT2D eigenvalue weighted by atomic mass is 35.5. The van der Waals surface area contributed by atoms with Crippen LogP contribution in [0, 0.1) is 18.6 Å². The lowest BCUT2D eigenvalue weighted by Crippen LogP contribution is -2.30. The molecule has 0 aromatic heterocycles. The number of aryl methyl sites for hydroxylation is 1. The van der Waals surface area contributed by atoms with E-state index in [9.17, 15) is 8.78 Å².